The van der Waals surface area contributed by atoms with Gasteiger partial charge in [-0.25, -0.2) is 4.79 Å². The van der Waals surface area contributed by atoms with Crippen molar-refractivity contribution >= 4 is 22.2 Å². The normalized spacial score (nSPS) is 12.5. The third-order valence-electron chi connectivity index (χ3n) is 4.38. The molecular formula is C23H29NO7S. The first-order chi connectivity index (χ1) is 14.9. The minimum absolute atomic E-state index is 0.0273. The first-order valence-corrected chi connectivity index (χ1v) is 11.5. The molecule has 0 aromatic heterocycles. The maximum absolute atomic E-state index is 12.6. The van der Waals surface area contributed by atoms with E-state index in [0.717, 1.165) is 5.56 Å². The molecule has 1 amide bonds. The van der Waals surface area contributed by atoms with Crippen molar-refractivity contribution in [1.29, 1.82) is 0 Å². The Morgan fingerprint density at radius 2 is 1.72 bits per heavy atom. The second-order valence-electron chi connectivity index (χ2n) is 8.28. The lowest BCUT2D eigenvalue weighted by atomic mass is 9.95. The molecule has 0 aliphatic rings. The standard InChI is InChI=1S/C23H29NO7S/c1-16-9-11-20(12-10-16)32(27,28)31-19-8-6-7-17(13-19)18(14-21(25)29-5)15-24-22(26)30-23(2,3)4/h6-13,18H,14-15H2,1-5H3,(H,24,26). The quantitative estimate of drug-likeness (QED) is 0.467. The number of carbonyl (C=O) groups excluding carboxylic acids is 2. The van der Waals surface area contributed by atoms with Crippen LogP contribution in [-0.4, -0.2) is 39.7 Å². The van der Waals surface area contributed by atoms with Crippen molar-refractivity contribution in [3.05, 3.63) is 59.7 Å². The van der Waals surface area contributed by atoms with Gasteiger partial charge in [-0.15, -0.1) is 0 Å². The zero-order chi connectivity index (χ0) is 23.9. The highest BCUT2D eigenvalue weighted by Gasteiger charge is 2.22. The van der Waals surface area contributed by atoms with Gasteiger partial charge in [0, 0.05) is 12.5 Å². The second-order valence-corrected chi connectivity index (χ2v) is 9.83. The summed E-state index contributed by atoms with van der Waals surface area (Å²) in [5.74, 6) is -0.865. The molecule has 0 bridgehead atoms. The second kappa shape index (κ2) is 10.5. The van der Waals surface area contributed by atoms with Crippen molar-refractivity contribution in [3.63, 3.8) is 0 Å². The van der Waals surface area contributed by atoms with Crippen molar-refractivity contribution in [2.75, 3.05) is 13.7 Å². The molecule has 2 rings (SSSR count). The van der Waals surface area contributed by atoms with E-state index in [1.807, 2.05) is 6.92 Å². The molecule has 2 aromatic rings. The fourth-order valence-electron chi connectivity index (χ4n) is 2.81. The fourth-order valence-corrected chi connectivity index (χ4v) is 3.74. The van der Waals surface area contributed by atoms with Gasteiger partial charge in [0.2, 0.25) is 0 Å². The van der Waals surface area contributed by atoms with Crippen LogP contribution in [0.25, 0.3) is 0 Å². The fraction of sp³-hybridized carbons (Fsp3) is 0.391. The van der Waals surface area contributed by atoms with Gasteiger partial charge in [-0.2, -0.15) is 8.42 Å². The molecule has 0 saturated carbocycles. The summed E-state index contributed by atoms with van der Waals surface area (Å²) in [6.07, 6.45) is -0.651. The highest BCUT2D eigenvalue weighted by molar-refractivity contribution is 7.87. The largest absolute Gasteiger partial charge is 0.469 e. The average Bonchev–Trinajstić information content (AvgIpc) is 2.69. The Kier molecular flexibility index (Phi) is 8.26. The number of aryl methyl sites for hydroxylation is 1. The number of methoxy groups -OCH3 is 1. The molecule has 174 valence electrons. The zero-order valence-corrected chi connectivity index (χ0v) is 19.7. The lowest BCUT2D eigenvalue weighted by Gasteiger charge is -2.22. The van der Waals surface area contributed by atoms with Gasteiger partial charge in [0.05, 0.1) is 13.5 Å². The van der Waals surface area contributed by atoms with Crippen LogP contribution in [-0.2, 0) is 24.4 Å². The Labute approximate surface area is 189 Å². The summed E-state index contributed by atoms with van der Waals surface area (Å²) in [5.41, 5.74) is 0.858. The number of benzene rings is 2. The van der Waals surface area contributed by atoms with Gasteiger partial charge in [0.1, 0.15) is 16.2 Å². The number of esters is 1. The van der Waals surface area contributed by atoms with Crippen molar-refractivity contribution in [2.45, 2.75) is 50.5 Å². The maximum Gasteiger partial charge on any atom is 0.407 e. The molecule has 0 heterocycles. The number of alkyl carbamates (subject to hydrolysis) is 1. The van der Waals surface area contributed by atoms with E-state index in [4.69, 9.17) is 13.7 Å². The summed E-state index contributed by atoms with van der Waals surface area (Å²) < 4.78 is 40.5. The number of hydrogen-bond donors (Lipinski definition) is 1. The number of amides is 1. The van der Waals surface area contributed by atoms with Crippen molar-refractivity contribution in [1.82, 2.24) is 5.32 Å². The molecule has 2 aromatic carbocycles. The molecule has 0 radical (unpaired) electrons. The summed E-state index contributed by atoms with van der Waals surface area (Å²) in [7, 11) is -2.76. The van der Waals surface area contributed by atoms with Crippen LogP contribution >= 0.6 is 0 Å². The summed E-state index contributed by atoms with van der Waals surface area (Å²) in [4.78, 5) is 24.0. The van der Waals surface area contributed by atoms with E-state index in [2.05, 4.69) is 5.32 Å². The molecular weight excluding hydrogens is 434 g/mol. The predicted molar refractivity (Wildman–Crippen MR) is 119 cm³/mol. The average molecular weight is 464 g/mol. The minimum atomic E-state index is -4.03. The van der Waals surface area contributed by atoms with Crippen LogP contribution in [0.5, 0.6) is 5.75 Å². The number of hydrogen-bond acceptors (Lipinski definition) is 7. The molecule has 0 saturated heterocycles. The maximum atomic E-state index is 12.6. The summed E-state index contributed by atoms with van der Waals surface area (Å²) in [5, 5.41) is 2.64. The molecule has 0 aliphatic heterocycles. The van der Waals surface area contributed by atoms with Crippen LogP contribution in [0.4, 0.5) is 4.79 Å². The van der Waals surface area contributed by atoms with Gasteiger partial charge in [0.15, 0.2) is 0 Å². The van der Waals surface area contributed by atoms with E-state index in [1.54, 1.807) is 45.0 Å². The topological polar surface area (TPSA) is 108 Å². The van der Waals surface area contributed by atoms with E-state index in [1.165, 1.54) is 31.4 Å². The molecule has 1 N–H and O–H groups in total. The van der Waals surface area contributed by atoms with Crippen molar-refractivity contribution in [2.24, 2.45) is 0 Å². The van der Waals surface area contributed by atoms with Crippen molar-refractivity contribution < 1.29 is 31.7 Å². The van der Waals surface area contributed by atoms with E-state index in [0.29, 0.717) is 5.56 Å². The van der Waals surface area contributed by atoms with Gasteiger partial charge in [-0.05, 0) is 57.5 Å². The Hall–Kier alpha value is -3.07. The summed E-state index contributed by atoms with van der Waals surface area (Å²) in [6, 6.07) is 12.7. The minimum Gasteiger partial charge on any atom is -0.469 e. The van der Waals surface area contributed by atoms with Gasteiger partial charge >= 0.3 is 22.2 Å². The van der Waals surface area contributed by atoms with E-state index < -0.39 is 33.7 Å². The Morgan fingerprint density at radius 1 is 1.06 bits per heavy atom. The third kappa shape index (κ3) is 7.88. The Bertz CT molecular complexity index is 1040. The number of carbonyl (C=O) groups is 2. The molecule has 0 fully saturated rings. The van der Waals surface area contributed by atoms with E-state index in [9.17, 15) is 18.0 Å². The highest BCUT2D eigenvalue weighted by atomic mass is 32.2. The first kappa shape index (κ1) is 25.2. The van der Waals surface area contributed by atoms with Crippen LogP contribution in [0.1, 0.15) is 44.2 Å². The zero-order valence-electron chi connectivity index (χ0n) is 18.9. The smallest absolute Gasteiger partial charge is 0.407 e. The number of rotatable bonds is 8. The van der Waals surface area contributed by atoms with Gasteiger partial charge in [-0.1, -0.05) is 29.8 Å². The number of nitrogens with one attached hydrogen (secondary N) is 1. The SMILES string of the molecule is COC(=O)CC(CNC(=O)OC(C)(C)C)c1cccc(OS(=O)(=O)c2ccc(C)cc2)c1. The first-order valence-electron chi connectivity index (χ1n) is 10.0. The van der Waals surface area contributed by atoms with E-state index >= 15 is 0 Å². The van der Waals surface area contributed by atoms with Crippen LogP contribution in [0.15, 0.2) is 53.4 Å². The van der Waals surface area contributed by atoms with Crippen LogP contribution < -0.4 is 9.50 Å². The van der Waals surface area contributed by atoms with Gasteiger partial charge in [-0.3, -0.25) is 4.79 Å². The Balaban J connectivity index is 2.21. The molecule has 9 heteroatoms. The third-order valence-corrected chi connectivity index (χ3v) is 5.64. The number of ether oxygens (including phenoxy) is 2. The van der Waals surface area contributed by atoms with Crippen LogP contribution in [0.2, 0.25) is 0 Å². The van der Waals surface area contributed by atoms with Crippen LogP contribution in [0, 0.1) is 6.92 Å². The van der Waals surface area contributed by atoms with Gasteiger partial charge < -0.3 is 19.0 Å². The van der Waals surface area contributed by atoms with Gasteiger partial charge in [0.25, 0.3) is 0 Å². The molecule has 1 unspecified atom stereocenters. The Morgan fingerprint density at radius 3 is 2.31 bits per heavy atom. The predicted octanol–water partition coefficient (Wildman–Crippen LogP) is 3.93. The lowest BCUT2D eigenvalue weighted by Crippen LogP contribution is -2.35. The monoisotopic (exact) mass is 463 g/mol. The molecule has 8 nitrogen and oxygen atoms in total. The molecule has 0 spiro atoms. The lowest BCUT2D eigenvalue weighted by molar-refractivity contribution is -0.141. The highest BCUT2D eigenvalue weighted by Crippen LogP contribution is 2.26. The summed E-state index contributed by atoms with van der Waals surface area (Å²) >= 11 is 0. The summed E-state index contributed by atoms with van der Waals surface area (Å²) in [6.45, 7) is 7.17. The van der Waals surface area contributed by atoms with E-state index in [-0.39, 0.29) is 23.6 Å². The molecule has 32 heavy (non-hydrogen) atoms. The van der Waals surface area contributed by atoms with Crippen molar-refractivity contribution in [3.8, 4) is 5.75 Å². The molecule has 0 aliphatic carbocycles. The molecule has 1 atom stereocenters. The van der Waals surface area contributed by atoms with Crippen LogP contribution in [0.3, 0.4) is 0 Å².